The number of carbonyl (C=O) groups excluding carboxylic acids is 3. The van der Waals surface area contributed by atoms with Gasteiger partial charge in [0.15, 0.2) is 11.6 Å². The Labute approximate surface area is 254 Å². The molecule has 13 heteroatoms. The molecule has 226 valence electrons. The zero-order valence-electron chi connectivity index (χ0n) is 24.7. The third-order valence-corrected chi connectivity index (χ3v) is 6.54. The molecule has 0 aliphatic heterocycles. The second-order valence-electron chi connectivity index (χ2n) is 9.91. The summed E-state index contributed by atoms with van der Waals surface area (Å²) in [5.41, 5.74) is 8.61. The van der Waals surface area contributed by atoms with E-state index in [1.54, 1.807) is 73.6 Å². The van der Waals surface area contributed by atoms with Crippen molar-refractivity contribution in [3.63, 3.8) is 0 Å². The third kappa shape index (κ3) is 7.38. The fourth-order valence-electron chi connectivity index (χ4n) is 4.17. The number of anilines is 7. The molecule has 4 aromatic rings. The number of nitrogen functional groups attached to an aromatic ring is 1. The van der Waals surface area contributed by atoms with Gasteiger partial charge in [0, 0.05) is 43.7 Å². The minimum absolute atomic E-state index is 0.114. The average molecular weight is 598 g/mol. The number of hydrogen-bond donors (Lipinski definition) is 2. The highest BCUT2D eigenvalue weighted by atomic mass is 19.1. The Bertz CT molecular complexity index is 1660. The summed E-state index contributed by atoms with van der Waals surface area (Å²) in [6, 6.07) is 16.1. The molecule has 0 aliphatic carbocycles. The van der Waals surface area contributed by atoms with E-state index in [-0.39, 0.29) is 23.4 Å². The first-order chi connectivity index (χ1) is 21.1. The van der Waals surface area contributed by atoms with Crippen LogP contribution in [0.1, 0.15) is 10.4 Å². The number of benzene rings is 2. The van der Waals surface area contributed by atoms with Crippen LogP contribution < -0.4 is 25.8 Å². The highest BCUT2D eigenvalue weighted by molar-refractivity contribution is 6.04. The van der Waals surface area contributed by atoms with Crippen LogP contribution in [0.4, 0.5) is 44.6 Å². The number of hydrogen-bond acceptors (Lipinski definition) is 9. The molecular formula is C31H32FN9O3. The van der Waals surface area contributed by atoms with Gasteiger partial charge >= 0.3 is 0 Å². The Morgan fingerprint density at radius 2 is 1.66 bits per heavy atom. The highest BCUT2D eigenvalue weighted by Crippen LogP contribution is 2.38. The molecule has 4 rings (SSSR count). The van der Waals surface area contributed by atoms with E-state index in [1.807, 2.05) is 19.0 Å². The molecule has 0 unspecified atom stereocenters. The SMILES string of the molecule is CN(C)C/C=C/C(=O)N(C)c1cccc(N(C=O)c2ncnc(N)c2N(C)c2ccc(C(=O)Nc3ccc(F)cn3)cc2)c1. The van der Waals surface area contributed by atoms with Crippen LogP contribution >= 0.6 is 0 Å². The number of rotatable bonds is 11. The van der Waals surface area contributed by atoms with Crippen LogP contribution in [0.2, 0.25) is 0 Å². The van der Waals surface area contributed by atoms with Gasteiger partial charge in [-0.3, -0.25) is 19.3 Å². The number of carbonyl (C=O) groups is 3. The molecule has 0 saturated carbocycles. The van der Waals surface area contributed by atoms with Gasteiger partial charge in [-0.05, 0) is 68.7 Å². The standard InChI is InChI=1S/C31H32FN9O3/c1-38(2)16-6-9-27(43)39(3)24-7-5-8-25(17-24)41(20-42)30-28(29(33)35-19-36-30)40(4)23-13-10-21(11-14-23)31(44)37-26-15-12-22(32)18-34-26/h5-15,17-20H,16H2,1-4H3,(H2,33,35,36)(H,34,37,44)/b9-6+. The molecule has 0 saturated heterocycles. The fourth-order valence-corrected chi connectivity index (χ4v) is 4.17. The zero-order valence-corrected chi connectivity index (χ0v) is 24.7. The Morgan fingerprint density at radius 1 is 0.932 bits per heavy atom. The number of nitrogens with one attached hydrogen (secondary N) is 1. The predicted octanol–water partition coefficient (Wildman–Crippen LogP) is 3.99. The van der Waals surface area contributed by atoms with Crippen molar-refractivity contribution in [3.8, 4) is 0 Å². The minimum Gasteiger partial charge on any atom is -0.382 e. The molecule has 3 N–H and O–H groups in total. The Morgan fingerprint density at radius 3 is 2.32 bits per heavy atom. The van der Waals surface area contributed by atoms with Gasteiger partial charge in [0.1, 0.15) is 23.6 Å². The van der Waals surface area contributed by atoms with Crippen LogP contribution in [0.3, 0.4) is 0 Å². The molecule has 0 radical (unpaired) electrons. The number of halogens is 1. The summed E-state index contributed by atoms with van der Waals surface area (Å²) in [7, 11) is 7.19. The summed E-state index contributed by atoms with van der Waals surface area (Å²) in [5, 5.41) is 2.61. The van der Waals surface area contributed by atoms with Crippen LogP contribution in [0, 0.1) is 5.82 Å². The number of amides is 3. The number of likely N-dealkylation sites (N-methyl/N-ethyl adjacent to an activating group) is 2. The lowest BCUT2D eigenvalue weighted by molar-refractivity contribution is -0.114. The van der Waals surface area contributed by atoms with E-state index in [1.165, 1.54) is 34.3 Å². The first kappa shape index (κ1) is 31.3. The summed E-state index contributed by atoms with van der Waals surface area (Å²) in [5.74, 6) is -0.625. The maximum absolute atomic E-state index is 13.1. The van der Waals surface area contributed by atoms with Gasteiger partial charge in [0.05, 0.1) is 11.9 Å². The lowest BCUT2D eigenvalue weighted by Gasteiger charge is -2.27. The number of pyridine rings is 1. The van der Waals surface area contributed by atoms with E-state index in [2.05, 4.69) is 20.3 Å². The average Bonchev–Trinajstić information content (AvgIpc) is 3.02. The second-order valence-corrected chi connectivity index (χ2v) is 9.91. The van der Waals surface area contributed by atoms with Crippen LogP contribution in [0.15, 0.2) is 85.3 Å². The van der Waals surface area contributed by atoms with Crippen molar-refractivity contribution in [3.05, 3.63) is 96.7 Å². The van der Waals surface area contributed by atoms with Crippen molar-refractivity contribution in [1.29, 1.82) is 0 Å². The molecule has 2 heterocycles. The van der Waals surface area contributed by atoms with Gasteiger partial charge in [-0.2, -0.15) is 0 Å². The molecule has 2 aromatic heterocycles. The van der Waals surface area contributed by atoms with Crippen LogP contribution in [-0.2, 0) is 9.59 Å². The van der Waals surface area contributed by atoms with E-state index < -0.39 is 11.7 Å². The molecule has 2 aromatic carbocycles. The Kier molecular flexibility index (Phi) is 9.93. The van der Waals surface area contributed by atoms with E-state index in [9.17, 15) is 18.8 Å². The van der Waals surface area contributed by atoms with E-state index >= 15 is 0 Å². The van der Waals surface area contributed by atoms with Gasteiger partial charge in [-0.15, -0.1) is 0 Å². The molecule has 3 amide bonds. The highest BCUT2D eigenvalue weighted by Gasteiger charge is 2.23. The smallest absolute Gasteiger partial charge is 0.256 e. The van der Waals surface area contributed by atoms with Crippen molar-refractivity contribution in [2.45, 2.75) is 0 Å². The first-order valence-corrected chi connectivity index (χ1v) is 13.4. The van der Waals surface area contributed by atoms with Crippen molar-refractivity contribution in [1.82, 2.24) is 19.9 Å². The molecule has 0 bridgehead atoms. The van der Waals surface area contributed by atoms with Crippen molar-refractivity contribution in [2.24, 2.45) is 0 Å². The zero-order chi connectivity index (χ0) is 31.8. The van der Waals surface area contributed by atoms with Gasteiger partial charge in [-0.25, -0.2) is 19.3 Å². The Balaban J connectivity index is 1.59. The van der Waals surface area contributed by atoms with Gasteiger partial charge in [0.2, 0.25) is 12.3 Å². The summed E-state index contributed by atoms with van der Waals surface area (Å²) in [6.45, 7) is 0.618. The van der Waals surface area contributed by atoms with Crippen molar-refractivity contribution >= 4 is 58.4 Å². The summed E-state index contributed by atoms with van der Waals surface area (Å²) >= 11 is 0. The molecule has 44 heavy (non-hydrogen) atoms. The lowest BCUT2D eigenvalue weighted by atomic mass is 10.1. The molecule has 0 aliphatic rings. The minimum atomic E-state index is -0.509. The predicted molar refractivity (Wildman–Crippen MR) is 169 cm³/mol. The quantitative estimate of drug-likeness (QED) is 0.194. The topological polar surface area (TPSA) is 141 Å². The van der Waals surface area contributed by atoms with E-state index in [0.29, 0.717) is 41.3 Å². The third-order valence-electron chi connectivity index (χ3n) is 6.54. The fraction of sp³-hybridized carbons (Fsp3) is 0.161. The van der Waals surface area contributed by atoms with E-state index in [0.717, 1.165) is 6.20 Å². The number of nitrogens with zero attached hydrogens (tertiary/aromatic N) is 7. The van der Waals surface area contributed by atoms with Gasteiger partial charge in [0.25, 0.3) is 5.91 Å². The normalized spacial score (nSPS) is 11.0. The van der Waals surface area contributed by atoms with Gasteiger partial charge in [-0.1, -0.05) is 12.1 Å². The molecule has 0 atom stereocenters. The largest absolute Gasteiger partial charge is 0.382 e. The maximum atomic E-state index is 13.1. The number of aromatic nitrogens is 3. The van der Waals surface area contributed by atoms with Crippen LogP contribution in [-0.4, -0.2) is 72.8 Å². The molecular weight excluding hydrogens is 565 g/mol. The lowest BCUT2D eigenvalue weighted by Crippen LogP contribution is -2.25. The Hall–Kier alpha value is -5.69. The number of nitrogens with two attached hydrogens (primary N) is 1. The summed E-state index contributed by atoms with van der Waals surface area (Å²) < 4.78 is 13.1. The summed E-state index contributed by atoms with van der Waals surface area (Å²) in [6.07, 6.45) is 6.14. The van der Waals surface area contributed by atoms with Crippen LogP contribution in [0.5, 0.6) is 0 Å². The van der Waals surface area contributed by atoms with Crippen LogP contribution in [0.25, 0.3) is 0 Å². The first-order valence-electron chi connectivity index (χ1n) is 13.4. The molecule has 0 spiro atoms. The molecule has 0 fully saturated rings. The van der Waals surface area contributed by atoms with Gasteiger partial charge < -0.3 is 25.8 Å². The van der Waals surface area contributed by atoms with Crippen molar-refractivity contribution < 1.29 is 18.8 Å². The summed E-state index contributed by atoms with van der Waals surface area (Å²) in [4.78, 5) is 56.6. The maximum Gasteiger partial charge on any atom is 0.256 e. The van der Waals surface area contributed by atoms with E-state index in [4.69, 9.17) is 5.73 Å². The monoisotopic (exact) mass is 597 g/mol. The molecule has 12 nitrogen and oxygen atoms in total. The van der Waals surface area contributed by atoms with Crippen molar-refractivity contribution in [2.75, 3.05) is 60.5 Å². The second kappa shape index (κ2) is 14.0.